The summed E-state index contributed by atoms with van der Waals surface area (Å²) >= 11 is 3.09. The van der Waals surface area contributed by atoms with Gasteiger partial charge in [0.25, 0.3) is 0 Å². The van der Waals surface area contributed by atoms with Gasteiger partial charge in [-0.25, -0.2) is 14.4 Å². The van der Waals surface area contributed by atoms with E-state index in [1.807, 2.05) is 7.05 Å². The Labute approximate surface area is 110 Å². The van der Waals surface area contributed by atoms with Crippen molar-refractivity contribution in [3.8, 4) is 0 Å². The molecule has 0 unspecified atom stereocenters. The second-order valence-corrected chi connectivity index (χ2v) is 5.07. The number of hydrazine groups is 1. The predicted octanol–water partition coefficient (Wildman–Crippen LogP) is 3.03. The van der Waals surface area contributed by atoms with Crippen molar-refractivity contribution in [3.05, 3.63) is 28.2 Å². The van der Waals surface area contributed by atoms with Crippen molar-refractivity contribution in [2.24, 2.45) is 0 Å². The molecule has 2 heterocycles. The van der Waals surface area contributed by atoms with Gasteiger partial charge in [-0.15, -0.1) is 0 Å². The van der Waals surface area contributed by atoms with E-state index in [-0.39, 0.29) is 16.5 Å². The van der Waals surface area contributed by atoms with Crippen molar-refractivity contribution in [2.75, 3.05) is 13.6 Å². The molecule has 0 aromatic carbocycles. The molecule has 1 aliphatic rings. The average molecular weight is 302 g/mol. The lowest BCUT2D eigenvalue weighted by Gasteiger charge is -2.29. The number of rotatable bonds is 2. The lowest BCUT2D eigenvalue weighted by molar-refractivity contribution is 0.142. The zero-order valence-corrected chi connectivity index (χ0v) is 11.5. The molecule has 5 heteroatoms. The molecule has 2 rings (SSSR count). The van der Waals surface area contributed by atoms with E-state index in [1.54, 1.807) is 12.3 Å². The van der Waals surface area contributed by atoms with Gasteiger partial charge < -0.3 is 0 Å². The Morgan fingerprint density at radius 3 is 3.00 bits per heavy atom. The van der Waals surface area contributed by atoms with E-state index in [0.717, 1.165) is 18.5 Å². The minimum atomic E-state index is -0.289. The predicted molar refractivity (Wildman–Crippen MR) is 68.9 cm³/mol. The van der Waals surface area contributed by atoms with Crippen LogP contribution in [0, 0.1) is 5.82 Å². The fraction of sp³-hybridized carbons (Fsp3) is 0.583. The topological polar surface area (TPSA) is 28.2 Å². The van der Waals surface area contributed by atoms with Gasteiger partial charge in [-0.1, -0.05) is 12.8 Å². The van der Waals surface area contributed by atoms with Crippen LogP contribution in [0.25, 0.3) is 0 Å². The van der Waals surface area contributed by atoms with Gasteiger partial charge in [-0.05, 0) is 47.4 Å². The highest BCUT2D eigenvalue weighted by atomic mass is 79.9. The maximum absolute atomic E-state index is 13.5. The molecular weight excluding hydrogens is 285 g/mol. The highest BCUT2D eigenvalue weighted by Crippen LogP contribution is 2.29. The Hall–Kier alpha value is -0.520. The Balaban J connectivity index is 2.25. The van der Waals surface area contributed by atoms with E-state index in [9.17, 15) is 4.39 Å². The number of nitrogens with zero attached hydrogens (tertiary/aromatic N) is 2. The summed E-state index contributed by atoms with van der Waals surface area (Å²) in [5.41, 5.74) is 4.14. The molecule has 1 atom stereocenters. The fourth-order valence-electron chi connectivity index (χ4n) is 2.34. The van der Waals surface area contributed by atoms with Crippen molar-refractivity contribution in [2.45, 2.75) is 31.7 Å². The van der Waals surface area contributed by atoms with Crippen LogP contribution in [-0.2, 0) is 0 Å². The molecule has 0 bridgehead atoms. The summed E-state index contributed by atoms with van der Waals surface area (Å²) < 4.78 is 13.8. The van der Waals surface area contributed by atoms with Crippen LogP contribution in [0.2, 0.25) is 0 Å². The molecule has 0 saturated carbocycles. The maximum Gasteiger partial charge on any atom is 0.156 e. The zero-order chi connectivity index (χ0) is 12.3. The summed E-state index contributed by atoms with van der Waals surface area (Å²) in [7, 11) is 1.92. The monoisotopic (exact) mass is 301 g/mol. The molecule has 1 saturated heterocycles. The van der Waals surface area contributed by atoms with E-state index in [4.69, 9.17) is 0 Å². The van der Waals surface area contributed by atoms with Gasteiger partial charge in [-0.2, -0.15) is 0 Å². The number of aromatic nitrogens is 1. The van der Waals surface area contributed by atoms with E-state index >= 15 is 0 Å². The zero-order valence-electron chi connectivity index (χ0n) is 9.92. The molecule has 17 heavy (non-hydrogen) atoms. The maximum atomic E-state index is 13.5. The van der Waals surface area contributed by atoms with Crippen LogP contribution < -0.4 is 5.43 Å². The number of halogens is 2. The Bertz CT molecular complexity index is 386. The summed E-state index contributed by atoms with van der Waals surface area (Å²) in [6.45, 7) is 0.999. The smallest absolute Gasteiger partial charge is 0.156 e. The van der Waals surface area contributed by atoms with Crippen molar-refractivity contribution < 1.29 is 4.39 Å². The molecule has 1 aromatic rings. The Kier molecular flexibility index (Phi) is 4.48. The highest BCUT2D eigenvalue weighted by molar-refractivity contribution is 9.10. The van der Waals surface area contributed by atoms with E-state index in [2.05, 4.69) is 31.3 Å². The van der Waals surface area contributed by atoms with Crippen LogP contribution in [0.5, 0.6) is 0 Å². The van der Waals surface area contributed by atoms with Gasteiger partial charge in [0.1, 0.15) is 4.60 Å². The Morgan fingerprint density at radius 1 is 1.47 bits per heavy atom. The van der Waals surface area contributed by atoms with Crippen LogP contribution in [0.1, 0.15) is 37.3 Å². The van der Waals surface area contributed by atoms with E-state index in [1.165, 1.54) is 19.3 Å². The third-order valence-electron chi connectivity index (χ3n) is 3.24. The van der Waals surface area contributed by atoms with Crippen LogP contribution in [0.15, 0.2) is 16.9 Å². The first-order chi connectivity index (χ1) is 8.22. The molecule has 1 aromatic heterocycles. The Morgan fingerprint density at radius 2 is 2.29 bits per heavy atom. The standard InChI is InChI=1S/C12H17BrFN3/c1-15-17-6-4-2-3-5-11(17)9-7-10(14)12(13)16-8-9/h7-8,11,15H,2-6H2,1H3/t11-/m0/s1. The first-order valence-electron chi connectivity index (χ1n) is 5.97. The summed E-state index contributed by atoms with van der Waals surface area (Å²) in [6, 6.07) is 1.80. The molecule has 0 aliphatic carbocycles. The molecule has 0 spiro atoms. The van der Waals surface area contributed by atoms with Crippen molar-refractivity contribution in [1.82, 2.24) is 15.4 Å². The molecule has 1 N–H and O–H groups in total. The van der Waals surface area contributed by atoms with Crippen molar-refractivity contribution in [3.63, 3.8) is 0 Å². The first kappa shape index (κ1) is 12.9. The molecule has 1 fully saturated rings. The third kappa shape index (κ3) is 3.03. The number of pyridine rings is 1. The minimum absolute atomic E-state index is 0.220. The fourth-order valence-corrected chi connectivity index (χ4v) is 2.56. The quantitative estimate of drug-likeness (QED) is 0.851. The number of hydrogen-bond acceptors (Lipinski definition) is 3. The summed E-state index contributed by atoms with van der Waals surface area (Å²) in [6.07, 6.45) is 6.41. The van der Waals surface area contributed by atoms with Crippen LogP contribution in [0.3, 0.4) is 0 Å². The molecule has 0 radical (unpaired) electrons. The summed E-state index contributed by atoms with van der Waals surface area (Å²) in [4.78, 5) is 4.04. The van der Waals surface area contributed by atoms with Crippen molar-refractivity contribution in [1.29, 1.82) is 0 Å². The summed E-state index contributed by atoms with van der Waals surface area (Å²) in [5, 5.41) is 2.18. The molecule has 94 valence electrons. The van der Waals surface area contributed by atoms with Crippen LogP contribution in [0.4, 0.5) is 4.39 Å². The van der Waals surface area contributed by atoms with E-state index < -0.39 is 0 Å². The average Bonchev–Trinajstić information content (AvgIpc) is 2.57. The SMILES string of the molecule is CNN1CCCCC[C@H]1c1cnc(Br)c(F)c1. The number of hydrogen-bond donors (Lipinski definition) is 1. The molecule has 3 nitrogen and oxygen atoms in total. The molecule has 1 aliphatic heterocycles. The minimum Gasteiger partial charge on any atom is -0.258 e. The normalized spacial score (nSPS) is 22.4. The van der Waals surface area contributed by atoms with Crippen LogP contribution >= 0.6 is 15.9 Å². The second kappa shape index (κ2) is 5.89. The van der Waals surface area contributed by atoms with E-state index in [0.29, 0.717) is 0 Å². The van der Waals surface area contributed by atoms with Gasteiger partial charge in [-0.3, -0.25) is 5.43 Å². The highest BCUT2D eigenvalue weighted by Gasteiger charge is 2.22. The second-order valence-electron chi connectivity index (χ2n) is 4.32. The largest absolute Gasteiger partial charge is 0.258 e. The van der Waals surface area contributed by atoms with Gasteiger partial charge in [0, 0.05) is 12.7 Å². The lowest BCUT2D eigenvalue weighted by atomic mass is 10.0. The van der Waals surface area contributed by atoms with Crippen molar-refractivity contribution >= 4 is 15.9 Å². The van der Waals surface area contributed by atoms with Gasteiger partial charge in [0.2, 0.25) is 0 Å². The number of nitrogens with one attached hydrogen (secondary N) is 1. The molecular formula is C12H17BrFN3. The van der Waals surface area contributed by atoms with Gasteiger partial charge >= 0.3 is 0 Å². The van der Waals surface area contributed by atoms with Gasteiger partial charge in [0.05, 0.1) is 6.04 Å². The molecule has 0 amide bonds. The summed E-state index contributed by atoms with van der Waals surface area (Å²) in [5.74, 6) is -0.289. The van der Waals surface area contributed by atoms with Crippen LogP contribution in [-0.4, -0.2) is 23.6 Å². The first-order valence-corrected chi connectivity index (χ1v) is 6.76. The third-order valence-corrected chi connectivity index (χ3v) is 3.83. The lowest BCUT2D eigenvalue weighted by Crippen LogP contribution is -2.38. The van der Waals surface area contributed by atoms with Gasteiger partial charge in [0.15, 0.2) is 5.82 Å².